The highest BCUT2D eigenvalue weighted by Gasteiger charge is 2.15. The van der Waals surface area contributed by atoms with E-state index >= 15 is 0 Å². The smallest absolute Gasteiger partial charge is 0.131 e. The van der Waals surface area contributed by atoms with Gasteiger partial charge in [-0.2, -0.15) is 0 Å². The van der Waals surface area contributed by atoms with Gasteiger partial charge in [0.05, 0.1) is 17.6 Å². The van der Waals surface area contributed by atoms with E-state index in [2.05, 4.69) is 48.1 Å². The molecule has 1 aliphatic heterocycles. The second kappa shape index (κ2) is 7.39. The molecule has 0 spiro atoms. The zero-order valence-electron chi connectivity index (χ0n) is 12.9. The van der Waals surface area contributed by atoms with E-state index in [9.17, 15) is 0 Å². The molecule has 2 heterocycles. The Morgan fingerprint density at radius 1 is 1.35 bits per heavy atom. The zero-order chi connectivity index (χ0) is 14.4. The van der Waals surface area contributed by atoms with E-state index in [1.54, 1.807) is 0 Å². The summed E-state index contributed by atoms with van der Waals surface area (Å²) in [5.74, 6) is 1.31. The molecule has 20 heavy (non-hydrogen) atoms. The number of anilines is 1. The van der Waals surface area contributed by atoms with E-state index in [0.717, 1.165) is 50.5 Å². The predicted octanol–water partition coefficient (Wildman–Crippen LogP) is 2.87. The van der Waals surface area contributed by atoms with Gasteiger partial charge >= 0.3 is 0 Å². The molecule has 4 heteroatoms. The summed E-state index contributed by atoms with van der Waals surface area (Å²) < 4.78 is 0. The van der Waals surface area contributed by atoms with Gasteiger partial charge < -0.3 is 10.2 Å². The Labute approximate surface area is 122 Å². The van der Waals surface area contributed by atoms with E-state index in [-0.39, 0.29) is 0 Å². The molecule has 0 atom stereocenters. The molecule has 0 saturated carbocycles. The fourth-order valence-electron chi connectivity index (χ4n) is 2.34. The molecule has 1 aromatic rings. The molecule has 0 radical (unpaired) electrons. The van der Waals surface area contributed by atoms with Gasteiger partial charge in [0, 0.05) is 25.6 Å². The topological polar surface area (TPSA) is 41.1 Å². The van der Waals surface area contributed by atoms with E-state index in [0.29, 0.717) is 5.92 Å². The summed E-state index contributed by atoms with van der Waals surface area (Å²) in [6.45, 7) is 10.3. The van der Waals surface area contributed by atoms with Gasteiger partial charge in [-0.1, -0.05) is 32.9 Å². The van der Waals surface area contributed by atoms with Crippen molar-refractivity contribution in [1.82, 2.24) is 15.3 Å². The number of nitrogens with one attached hydrogen (secondary N) is 1. The van der Waals surface area contributed by atoms with Crippen molar-refractivity contribution in [3.05, 3.63) is 29.9 Å². The molecule has 1 aliphatic rings. The maximum absolute atomic E-state index is 4.78. The highest BCUT2D eigenvalue weighted by molar-refractivity contribution is 5.50. The standard InChI is InChI=1S/C16H26N4/c1-4-8-17-11-14-15(20-9-6-5-7-10-20)12-18-16(19-14)13(2)3/h5-6,12-13,17H,4,7-11H2,1-3H3. The summed E-state index contributed by atoms with van der Waals surface area (Å²) in [6.07, 6.45) is 8.72. The largest absolute Gasteiger partial charge is 0.365 e. The average Bonchev–Trinajstić information content (AvgIpc) is 2.48. The monoisotopic (exact) mass is 274 g/mol. The summed E-state index contributed by atoms with van der Waals surface area (Å²) in [7, 11) is 0. The third kappa shape index (κ3) is 3.79. The van der Waals surface area contributed by atoms with Gasteiger partial charge in [-0.25, -0.2) is 9.97 Å². The maximum Gasteiger partial charge on any atom is 0.131 e. The van der Waals surface area contributed by atoms with E-state index in [4.69, 9.17) is 4.98 Å². The van der Waals surface area contributed by atoms with Crippen LogP contribution in [0.15, 0.2) is 18.3 Å². The van der Waals surface area contributed by atoms with Gasteiger partial charge in [0.25, 0.3) is 0 Å². The number of aromatic nitrogens is 2. The second-order valence-corrected chi connectivity index (χ2v) is 5.60. The van der Waals surface area contributed by atoms with Crippen LogP contribution in [0.3, 0.4) is 0 Å². The van der Waals surface area contributed by atoms with Crippen LogP contribution < -0.4 is 10.2 Å². The minimum atomic E-state index is 0.371. The first-order valence-electron chi connectivity index (χ1n) is 7.68. The van der Waals surface area contributed by atoms with Crippen molar-refractivity contribution in [2.24, 2.45) is 0 Å². The van der Waals surface area contributed by atoms with Crippen LogP contribution in [0.25, 0.3) is 0 Å². The lowest BCUT2D eigenvalue weighted by Gasteiger charge is -2.27. The highest BCUT2D eigenvalue weighted by Crippen LogP contribution is 2.22. The minimum Gasteiger partial charge on any atom is -0.365 e. The molecule has 0 bridgehead atoms. The SMILES string of the molecule is CCCNCc1nc(C(C)C)ncc1N1CC=CCC1. The molecule has 4 nitrogen and oxygen atoms in total. The highest BCUT2D eigenvalue weighted by atomic mass is 15.2. The fraction of sp³-hybridized carbons (Fsp3) is 0.625. The average molecular weight is 274 g/mol. The summed E-state index contributed by atoms with van der Waals surface area (Å²) in [5.41, 5.74) is 2.31. The summed E-state index contributed by atoms with van der Waals surface area (Å²) in [5, 5.41) is 3.46. The Balaban J connectivity index is 2.21. The number of hydrogen-bond donors (Lipinski definition) is 1. The molecule has 0 amide bonds. The van der Waals surface area contributed by atoms with Crippen molar-refractivity contribution in [3.63, 3.8) is 0 Å². The van der Waals surface area contributed by atoms with Crippen molar-refractivity contribution in [2.75, 3.05) is 24.5 Å². The lowest BCUT2D eigenvalue weighted by atomic mass is 10.1. The molecule has 1 aromatic heterocycles. The van der Waals surface area contributed by atoms with Crippen LogP contribution in [0, 0.1) is 0 Å². The zero-order valence-corrected chi connectivity index (χ0v) is 12.9. The Morgan fingerprint density at radius 2 is 2.20 bits per heavy atom. The van der Waals surface area contributed by atoms with Crippen LogP contribution >= 0.6 is 0 Å². The number of rotatable bonds is 6. The van der Waals surface area contributed by atoms with E-state index in [1.165, 1.54) is 5.69 Å². The van der Waals surface area contributed by atoms with E-state index in [1.807, 2.05) is 6.20 Å². The number of nitrogens with zero attached hydrogens (tertiary/aromatic N) is 3. The van der Waals surface area contributed by atoms with Crippen molar-refractivity contribution >= 4 is 5.69 Å². The second-order valence-electron chi connectivity index (χ2n) is 5.60. The molecule has 0 aliphatic carbocycles. The summed E-state index contributed by atoms with van der Waals surface area (Å²) >= 11 is 0. The van der Waals surface area contributed by atoms with Gasteiger partial charge in [-0.05, 0) is 19.4 Å². The van der Waals surface area contributed by atoms with Crippen LogP contribution in [0.1, 0.15) is 51.0 Å². The Bertz CT molecular complexity index is 454. The number of hydrogen-bond acceptors (Lipinski definition) is 4. The normalized spacial score (nSPS) is 15.1. The molecule has 0 unspecified atom stereocenters. The molecule has 0 saturated heterocycles. The van der Waals surface area contributed by atoms with E-state index < -0.39 is 0 Å². The first kappa shape index (κ1) is 15.0. The summed E-state index contributed by atoms with van der Waals surface area (Å²) in [4.78, 5) is 11.7. The predicted molar refractivity (Wildman–Crippen MR) is 84.1 cm³/mol. The van der Waals surface area contributed by atoms with Gasteiger partial charge in [-0.15, -0.1) is 0 Å². The third-order valence-electron chi connectivity index (χ3n) is 3.50. The maximum atomic E-state index is 4.78. The van der Waals surface area contributed by atoms with Gasteiger partial charge in [0.1, 0.15) is 5.82 Å². The molecule has 0 aromatic carbocycles. The first-order chi connectivity index (χ1) is 9.72. The van der Waals surface area contributed by atoms with Gasteiger partial charge in [0.2, 0.25) is 0 Å². The van der Waals surface area contributed by atoms with Gasteiger partial charge in [-0.3, -0.25) is 0 Å². The van der Waals surface area contributed by atoms with Crippen molar-refractivity contribution in [1.29, 1.82) is 0 Å². The Morgan fingerprint density at radius 3 is 2.85 bits per heavy atom. The van der Waals surface area contributed by atoms with Crippen LogP contribution in [0.4, 0.5) is 5.69 Å². The molecular formula is C16H26N4. The van der Waals surface area contributed by atoms with Gasteiger partial charge in [0.15, 0.2) is 0 Å². The molecule has 1 N–H and O–H groups in total. The lowest BCUT2D eigenvalue weighted by molar-refractivity contribution is 0.648. The van der Waals surface area contributed by atoms with Crippen LogP contribution in [-0.2, 0) is 6.54 Å². The lowest BCUT2D eigenvalue weighted by Crippen LogP contribution is -2.29. The Hall–Kier alpha value is -1.42. The van der Waals surface area contributed by atoms with Crippen molar-refractivity contribution in [2.45, 2.75) is 46.1 Å². The minimum absolute atomic E-state index is 0.371. The van der Waals surface area contributed by atoms with Crippen LogP contribution in [-0.4, -0.2) is 29.6 Å². The molecule has 2 rings (SSSR count). The van der Waals surface area contributed by atoms with Crippen molar-refractivity contribution in [3.8, 4) is 0 Å². The molecule has 110 valence electrons. The fourth-order valence-corrected chi connectivity index (χ4v) is 2.34. The van der Waals surface area contributed by atoms with Crippen molar-refractivity contribution < 1.29 is 0 Å². The molecular weight excluding hydrogens is 248 g/mol. The third-order valence-corrected chi connectivity index (χ3v) is 3.50. The first-order valence-corrected chi connectivity index (χ1v) is 7.68. The van der Waals surface area contributed by atoms with Crippen LogP contribution in [0.2, 0.25) is 0 Å². The summed E-state index contributed by atoms with van der Waals surface area (Å²) in [6, 6.07) is 0. The Kier molecular flexibility index (Phi) is 5.53. The quantitative estimate of drug-likeness (QED) is 0.640. The van der Waals surface area contributed by atoms with Crippen LogP contribution in [0.5, 0.6) is 0 Å². The molecule has 0 fully saturated rings.